The molecule has 0 radical (unpaired) electrons. The standard InChI is InChI=1S/C23H22N2O3/c1-24(2)11-12-25-22(26)19-6-4-5-16-13-17(14-20(21(16)19)23(25)27)15-7-9-18(28-3)10-8-15/h4-10,13-14H,11-12H2,1-3H3. The zero-order valence-corrected chi connectivity index (χ0v) is 16.2. The van der Waals surface area contributed by atoms with Gasteiger partial charge in [-0.05, 0) is 60.9 Å². The topological polar surface area (TPSA) is 49.9 Å². The van der Waals surface area contributed by atoms with Crippen LogP contribution in [0.15, 0.2) is 54.6 Å². The summed E-state index contributed by atoms with van der Waals surface area (Å²) in [6, 6.07) is 17.3. The summed E-state index contributed by atoms with van der Waals surface area (Å²) in [6.07, 6.45) is 0. The van der Waals surface area contributed by atoms with Crippen molar-refractivity contribution < 1.29 is 14.3 Å². The molecule has 3 aromatic carbocycles. The van der Waals surface area contributed by atoms with Crippen molar-refractivity contribution in [2.75, 3.05) is 34.3 Å². The van der Waals surface area contributed by atoms with Crippen molar-refractivity contribution in [2.45, 2.75) is 0 Å². The quantitative estimate of drug-likeness (QED) is 0.640. The van der Waals surface area contributed by atoms with E-state index in [2.05, 4.69) is 0 Å². The summed E-state index contributed by atoms with van der Waals surface area (Å²) in [4.78, 5) is 29.4. The van der Waals surface area contributed by atoms with Crippen LogP contribution in [0.2, 0.25) is 0 Å². The van der Waals surface area contributed by atoms with Gasteiger partial charge in [0.25, 0.3) is 11.8 Å². The predicted octanol–water partition coefficient (Wildman–Crippen LogP) is 3.67. The maximum Gasteiger partial charge on any atom is 0.261 e. The number of hydrogen-bond acceptors (Lipinski definition) is 4. The van der Waals surface area contributed by atoms with E-state index >= 15 is 0 Å². The number of ether oxygens (including phenoxy) is 1. The number of hydrogen-bond donors (Lipinski definition) is 0. The fraction of sp³-hybridized carbons (Fsp3) is 0.217. The van der Waals surface area contributed by atoms with E-state index in [-0.39, 0.29) is 11.8 Å². The minimum atomic E-state index is -0.231. The van der Waals surface area contributed by atoms with Crippen LogP contribution in [-0.4, -0.2) is 55.9 Å². The van der Waals surface area contributed by atoms with Gasteiger partial charge in [-0.15, -0.1) is 0 Å². The molecule has 0 saturated carbocycles. The maximum absolute atomic E-state index is 13.2. The molecule has 0 unspecified atom stereocenters. The van der Waals surface area contributed by atoms with Crippen LogP contribution in [-0.2, 0) is 0 Å². The summed E-state index contributed by atoms with van der Waals surface area (Å²) in [5.41, 5.74) is 3.11. The van der Waals surface area contributed by atoms with Gasteiger partial charge in [-0.2, -0.15) is 0 Å². The van der Waals surface area contributed by atoms with Crippen molar-refractivity contribution in [3.8, 4) is 16.9 Å². The summed E-state index contributed by atoms with van der Waals surface area (Å²) in [5.74, 6) is 0.331. The zero-order valence-electron chi connectivity index (χ0n) is 16.2. The molecule has 0 saturated heterocycles. The zero-order chi connectivity index (χ0) is 19.8. The van der Waals surface area contributed by atoms with Gasteiger partial charge in [0.1, 0.15) is 5.75 Å². The highest BCUT2D eigenvalue weighted by Crippen LogP contribution is 2.34. The van der Waals surface area contributed by atoms with Gasteiger partial charge in [0.2, 0.25) is 0 Å². The van der Waals surface area contributed by atoms with E-state index in [1.54, 1.807) is 13.2 Å². The van der Waals surface area contributed by atoms with E-state index < -0.39 is 0 Å². The van der Waals surface area contributed by atoms with Crippen molar-refractivity contribution in [3.05, 3.63) is 65.7 Å². The largest absolute Gasteiger partial charge is 0.497 e. The van der Waals surface area contributed by atoms with Crippen LogP contribution in [0.1, 0.15) is 20.7 Å². The summed E-state index contributed by atoms with van der Waals surface area (Å²) in [5, 5.41) is 1.64. The molecular weight excluding hydrogens is 352 g/mol. The lowest BCUT2D eigenvalue weighted by Gasteiger charge is -2.28. The van der Waals surface area contributed by atoms with Gasteiger partial charge in [-0.25, -0.2) is 0 Å². The van der Waals surface area contributed by atoms with Crippen LogP contribution in [0.4, 0.5) is 0 Å². The molecule has 0 spiro atoms. The normalized spacial score (nSPS) is 13.5. The SMILES string of the molecule is COc1ccc(-c2cc3c4c(cccc4c2)C(=O)N(CCN(C)C)C3=O)cc1. The predicted molar refractivity (Wildman–Crippen MR) is 110 cm³/mol. The van der Waals surface area contributed by atoms with E-state index in [1.807, 2.05) is 67.5 Å². The first kappa shape index (κ1) is 18.2. The Kier molecular flexibility index (Phi) is 4.61. The molecule has 4 rings (SSSR count). The Bertz CT molecular complexity index is 1070. The fourth-order valence-electron chi connectivity index (χ4n) is 3.61. The highest BCUT2D eigenvalue weighted by Gasteiger charge is 2.32. The number of amides is 2. The molecule has 3 aromatic rings. The highest BCUT2D eigenvalue weighted by molar-refractivity contribution is 6.26. The van der Waals surface area contributed by atoms with Crippen molar-refractivity contribution >= 4 is 22.6 Å². The third-order valence-electron chi connectivity index (χ3n) is 5.12. The lowest BCUT2D eigenvalue weighted by molar-refractivity contribution is 0.0601. The van der Waals surface area contributed by atoms with Gasteiger partial charge in [-0.1, -0.05) is 24.3 Å². The van der Waals surface area contributed by atoms with E-state index in [0.29, 0.717) is 24.2 Å². The molecule has 1 aliphatic rings. The van der Waals surface area contributed by atoms with E-state index in [1.165, 1.54) is 4.90 Å². The van der Waals surface area contributed by atoms with E-state index in [9.17, 15) is 9.59 Å². The molecule has 0 aromatic heterocycles. The van der Waals surface area contributed by atoms with E-state index in [0.717, 1.165) is 27.6 Å². The summed E-state index contributed by atoms with van der Waals surface area (Å²) in [6.45, 7) is 0.994. The Morgan fingerprint density at radius 1 is 0.893 bits per heavy atom. The number of likely N-dealkylation sites (N-methyl/N-ethyl adjacent to an activating group) is 1. The molecule has 142 valence electrons. The van der Waals surface area contributed by atoms with Gasteiger partial charge in [0, 0.05) is 29.6 Å². The molecule has 0 atom stereocenters. The summed E-state index contributed by atoms with van der Waals surface area (Å²) >= 11 is 0. The molecule has 1 heterocycles. The van der Waals surface area contributed by atoms with Crippen molar-refractivity contribution in [1.29, 1.82) is 0 Å². The van der Waals surface area contributed by atoms with Crippen LogP contribution >= 0.6 is 0 Å². The molecule has 5 nitrogen and oxygen atoms in total. The fourth-order valence-corrected chi connectivity index (χ4v) is 3.61. The van der Waals surface area contributed by atoms with Crippen LogP contribution in [0.3, 0.4) is 0 Å². The minimum Gasteiger partial charge on any atom is -0.497 e. The van der Waals surface area contributed by atoms with Gasteiger partial charge >= 0.3 is 0 Å². The minimum absolute atomic E-state index is 0.220. The average molecular weight is 374 g/mol. The van der Waals surface area contributed by atoms with E-state index in [4.69, 9.17) is 4.74 Å². The summed E-state index contributed by atoms with van der Waals surface area (Å²) < 4.78 is 5.23. The maximum atomic E-state index is 13.2. The van der Waals surface area contributed by atoms with Gasteiger partial charge in [0.15, 0.2) is 0 Å². The first-order valence-electron chi connectivity index (χ1n) is 9.21. The third kappa shape index (κ3) is 3.04. The van der Waals surface area contributed by atoms with Crippen molar-refractivity contribution in [2.24, 2.45) is 0 Å². The highest BCUT2D eigenvalue weighted by atomic mass is 16.5. The number of benzene rings is 3. The Balaban J connectivity index is 1.85. The Morgan fingerprint density at radius 3 is 2.29 bits per heavy atom. The van der Waals surface area contributed by atoms with Crippen LogP contribution in [0, 0.1) is 0 Å². The molecule has 0 aliphatic carbocycles. The third-order valence-corrected chi connectivity index (χ3v) is 5.12. The molecule has 2 amide bonds. The van der Waals surface area contributed by atoms with Crippen LogP contribution in [0.5, 0.6) is 5.75 Å². The first-order chi connectivity index (χ1) is 13.5. The lowest BCUT2D eigenvalue weighted by atomic mass is 9.90. The number of rotatable bonds is 5. The molecule has 0 N–H and O–H groups in total. The Hall–Kier alpha value is -3.18. The number of methoxy groups -OCH3 is 1. The van der Waals surface area contributed by atoms with Gasteiger partial charge in [0.05, 0.1) is 7.11 Å². The second-order valence-electron chi connectivity index (χ2n) is 7.22. The van der Waals surface area contributed by atoms with Crippen LogP contribution in [0.25, 0.3) is 21.9 Å². The number of nitrogens with zero attached hydrogens (tertiary/aromatic N) is 2. The number of carbonyl (C=O) groups excluding carboxylic acids is 2. The lowest BCUT2D eigenvalue weighted by Crippen LogP contribution is -2.43. The van der Waals surface area contributed by atoms with Gasteiger partial charge < -0.3 is 9.64 Å². The number of imide groups is 1. The summed E-state index contributed by atoms with van der Waals surface area (Å²) in [7, 11) is 5.49. The Labute approximate surface area is 164 Å². The van der Waals surface area contributed by atoms with Crippen molar-refractivity contribution in [1.82, 2.24) is 9.80 Å². The van der Waals surface area contributed by atoms with Crippen LogP contribution < -0.4 is 4.74 Å². The van der Waals surface area contributed by atoms with Gasteiger partial charge in [-0.3, -0.25) is 14.5 Å². The molecule has 0 bridgehead atoms. The smallest absolute Gasteiger partial charge is 0.261 e. The molecule has 0 fully saturated rings. The monoisotopic (exact) mass is 374 g/mol. The first-order valence-corrected chi connectivity index (χ1v) is 9.21. The second kappa shape index (κ2) is 7.09. The molecule has 1 aliphatic heterocycles. The second-order valence-corrected chi connectivity index (χ2v) is 7.22. The average Bonchev–Trinajstić information content (AvgIpc) is 2.71. The molecule has 28 heavy (non-hydrogen) atoms. The molecular formula is C23H22N2O3. The molecule has 5 heteroatoms. The number of carbonyl (C=O) groups is 2. The van der Waals surface area contributed by atoms with Crippen molar-refractivity contribution in [3.63, 3.8) is 0 Å². The Morgan fingerprint density at radius 2 is 1.61 bits per heavy atom.